The van der Waals surface area contributed by atoms with Gasteiger partial charge in [-0.1, -0.05) is 19.1 Å². The molecule has 1 unspecified atom stereocenters. The van der Waals surface area contributed by atoms with Crippen molar-refractivity contribution in [3.8, 4) is 5.75 Å². The van der Waals surface area contributed by atoms with Crippen molar-refractivity contribution in [2.75, 3.05) is 6.61 Å². The zero-order valence-corrected chi connectivity index (χ0v) is 10.2. The summed E-state index contributed by atoms with van der Waals surface area (Å²) in [4.78, 5) is 11.5. The fraction of sp³-hybridized carbons (Fsp3) is 0.417. The van der Waals surface area contributed by atoms with E-state index in [0.29, 0.717) is 12.0 Å². The van der Waals surface area contributed by atoms with Crippen LogP contribution in [0.25, 0.3) is 0 Å². The molecule has 0 aliphatic heterocycles. The van der Waals surface area contributed by atoms with Crippen molar-refractivity contribution in [2.45, 2.75) is 25.5 Å². The van der Waals surface area contributed by atoms with E-state index in [1.165, 1.54) is 12.1 Å². The maximum absolute atomic E-state index is 11.9. The van der Waals surface area contributed by atoms with Crippen molar-refractivity contribution in [3.63, 3.8) is 0 Å². The third kappa shape index (κ3) is 5.24. The fourth-order valence-electron chi connectivity index (χ4n) is 1.31. The Hall–Kier alpha value is -1.66. The van der Waals surface area contributed by atoms with Gasteiger partial charge in [0, 0.05) is 5.82 Å². The molecule has 0 heterocycles. The van der Waals surface area contributed by atoms with Crippen LogP contribution in [-0.2, 0) is 9.53 Å². The van der Waals surface area contributed by atoms with Crippen molar-refractivity contribution in [2.24, 2.45) is 0 Å². The smallest absolute Gasteiger partial charge is 0.466 e. The molecule has 19 heavy (non-hydrogen) atoms. The van der Waals surface area contributed by atoms with E-state index in [1.807, 2.05) is 6.92 Å². The van der Waals surface area contributed by atoms with Gasteiger partial charge in [0.25, 0.3) is 0 Å². The summed E-state index contributed by atoms with van der Waals surface area (Å²) in [5.74, 6) is -2.01. The molecule has 3 nitrogen and oxygen atoms in total. The summed E-state index contributed by atoms with van der Waals surface area (Å²) in [6.45, 7) is 2.09. The molecule has 0 fully saturated rings. The Bertz CT molecular complexity index is 417. The van der Waals surface area contributed by atoms with Crippen LogP contribution in [0, 0.1) is 0 Å². The Kier molecular flexibility index (Phi) is 5.26. The second-order valence-corrected chi connectivity index (χ2v) is 3.76. The largest absolute Gasteiger partial charge is 0.573 e. The van der Waals surface area contributed by atoms with Crippen LogP contribution in [0.15, 0.2) is 24.3 Å². The molecule has 0 bridgehead atoms. The second kappa shape index (κ2) is 6.49. The minimum atomic E-state index is -4.75. The Labute approximate surface area is 110 Å². The number of carbonyl (C=O) groups excluding carboxylic acids is 1. The summed E-state index contributed by atoms with van der Waals surface area (Å²) >= 11 is 0. The summed E-state index contributed by atoms with van der Waals surface area (Å²) in [6.07, 6.45) is -4.08. The molecule has 1 rings (SSSR count). The number of ether oxygens (including phenoxy) is 2. The standard InChI is InChI=1S/C12H12BF3O3/c1-2-7-18-11(17)10(13)8-3-5-9(6-4-8)19-12(14,15)16/h3-6,10H,2,7H2,1H3. The molecule has 1 aromatic rings. The van der Waals surface area contributed by atoms with Crippen molar-refractivity contribution in [1.82, 2.24) is 0 Å². The van der Waals surface area contributed by atoms with Gasteiger partial charge in [0.2, 0.25) is 0 Å². The van der Waals surface area contributed by atoms with Crippen LogP contribution in [0.3, 0.4) is 0 Å². The molecular formula is C12H12BF3O3. The van der Waals surface area contributed by atoms with E-state index in [4.69, 9.17) is 12.6 Å². The van der Waals surface area contributed by atoms with Crippen LogP contribution in [0.2, 0.25) is 0 Å². The van der Waals surface area contributed by atoms with Crippen LogP contribution in [0.5, 0.6) is 5.75 Å². The monoisotopic (exact) mass is 272 g/mol. The highest BCUT2D eigenvalue weighted by Crippen LogP contribution is 2.24. The fourth-order valence-corrected chi connectivity index (χ4v) is 1.31. The molecule has 0 aliphatic carbocycles. The van der Waals surface area contributed by atoms with Crippen LogP contribution >= 0.6 is 0 Å². The normalized spacial score (nSPS) is 12.8. The van der Waals surface area contributed by atoms with E-state index in [0.717, 1.165) is 12.1 Å². The molecule has 0 amide bonds. The summed E-state index contributed by atoms with van der Waals surface area (Å²) in [7, 11) is 5.62. The Balaban J connectivity index is 2.67. The van der Waals surface area contributed by atoms with Crippen molar-refractivity contribution in [1.29, 1.82) is 0 Å². The van der Waals surface area contributed by atoms with Crippen LogP contribution in [-0.4, -0.2) is 26.8 Å². The molecule has 2 radical (unpaired) electrons. The predicted octanol–water partition coefficient (Wildman–Crippen LogP) is 2.75. The minimum Gasteiger partial charge on any atom is -0.466 e. The molecule has 7 heteroatoms. The Morgan fingerprint density at radius 1 is 1.32 bits per heavy atom. The number of benzene rings is 1. The lowest BCUT2D eigenvalue weighted by Gasteiger charge is -2.13. The summed E-state index contributed by atoms with van der Waals surface area (Å²) in [5, 5.41) is 0. The first-order valence-corrected chi connectivity index (χ1v) is 5.61. The SMILES string of the molecule is [B]C(C(=O)OCCC)c1ccc(OC(F)(F)F)cc1. The average molecular weight is 272 g/mol. The maximum atomic E-state index is 11.9. The summed E-state index contributed by atoms with van der Waals surface area (Å²) < 4.78 is 44.4. The van der Waals surface area contributed by atoms with E-state index < -0.39 is 18.1 Å². The molecular weight excluding hydrogens is 260 g/mol. The van der Waals surface area contributed by atoms with Crippen molar-refractivity contribution < 1.29 is 27.4 Å². The zero-order valence-electron chi connectivity index (χ0n) is 10.2. The van der Waals surface area contributed by atoms with E-state index in [2.05, 4.69) is 4.74 Å². The first-order valence-electron chi connectivity index (χ1n) is 5.61. The van der Waals surface area contributed by atoms with E-state index in [1.54, 1.807) is 0 Å². The molecule has 0 aromatic heterocycles. The second-order valence-electron chi connectivity index (χ2n) is 3.76. The number of hydrogen-bond donors (Lipinski definition) is 0. The topological polar surface area (TPSA) is 35.5 Å². The predicted molar refractivity (Wildman–Crippen MR) is 62.9 cm³/mol. The van der Waals surface area contributed by atoms with E-state index in [-0.39, 0.29) is 12.4 Å². The van der Waals surface area contributed by atoms with E-state index >= 15 is 0 Å². The van der Waals surface area contributed by atoms with Gasteiger partial charge in [0.1, 0.15) is 5.75 Å². The van der Waals surface area contributed by atoms with Gasteiger partial charge in [-0.05, 0) is 24.1 Å². The highest BCUT2D eigenvalue weighted by Gasteiger charge is 2.31. The number of hydrogen-bond acceptors (Lipinski definition) is 3. The van der Waals surface area contributed by atoms with E-state index in [9.17, 15) is 18.0 Å². The number of alkyl halides is 3. The number of rotatable bonds is 5. The highest BCUT2D eigenvalue weighted by atomic mass is 19.4. The number of carbonyl (C=O) groups is 1. The molecule has 1 aromatic carbocycles. The number of esters is 1. The van der Waals surface area contributed by atoms with Crippen LogP contribution in [0.4, 0.5) is 13.2 Å². The Morgan fingerprint density at radius 2 is 1.89 bits per heavy atom. The maximum Gasteiger partial charge on any atom is 0.573 e. The van der Waals surface area contributed by atoms with Crippen LogP contribution in [0.1, 0.15) is 24.7 Å². The molecule has 0 saturated heterocycles. The first kappa shape index (κ1) is 15.4. The van der Waals surface area contributed by atoms with Gasteiger partial charge in [0.15, 0.2) is 0 Å². The summed E-state index contributed by atoms with van der Waals surface area (Å²) in [6, 6.07) is 4.77. The quantitative estimate of drug-likeness (QED) is 0.610. The van der Waals surface area contributed by atoms with Gasteiger partial charge in [-0.3, -0.25) is 4.79 Å². The third-order valence-electron chi connectivity index (χ3n) is 2.18. The molecule has 0 N–H and O–H groups in total. The van der Waals surface area contributed by atoms with Gasteiger partial charge in [0.05, 0.1) is 14.5 Å². The first-order chi connectivity index (χ1) is 8.83. The van der Waals surface area contributed by atoms with Crippen molar-refractivity contribution in [3.05, 3.63) is 29.8 Å². The highest BCUT2D eigenvalue weighted by molar-refractivity contribution is 6.23. The summed E-state index contributed by atoms with van der Waals surface area (Å²) in [5.41, 5.74) is 0.357. The molecule has 102 valence electrons. The van der Waals surface area contributed by atoms with Gasteiger partial charge < -0.3 is 9.47 Å². The average Bonchev–Trinajstić information content (AvgIpc) is 2.34. The molecule has 1 atom stereocenters. The lowest BCUT2D eigenvalue weighted by atomic mass is 9.81. The van der Waals surface area contributed by atoms with Gasteiger partial charge >= 0.3 is 12.3 Å². The van der Waals surface area contributed by atoms with Crippen molar-refractivity contribution >= 4 is 13.8 Å². The lowest BCUT2D eigenvalue weighted by molar-refractivity contribution is -0.274. The van der Waals surface area contributed by atoms with Gasteiger partial charge in [-0.2, -0.15) is 0 Å². The zero-order chi connectivity index (χ0) is 14.5. The lowest BCUT2D eigenvalue weighted by Crippen LogP contribution is -2.18. The van der Waals surface area contributed by atoms with Crippen LogP contribution < -0.4 is 4.74 Å². The van der Waals surface area contributed by atoms with Gasteiger partial charge in [-0.15, -0.1) is 13.2 Å². The molecule has 0 saturated carbocycles. The third-order valence-corrected chi connectivity index (χ3v) is 2.18. The van der Waals surface area contributed by atoms with Gasteiger partial charge in [-0.25, -0.2) is 0 Å². The Morgan fingerprint density at radius 3 is 2.37 bits per heavy atom. The molecule has 0 spiro atoms. The molecule has 0 aliphatic rings. The minimum absolute atomic E-state index is 0.252. The number of halogens is 3.